The van der Waals surface area contributed by atoms with Crippen LogP contribution in [0.15, 0.2) is 60.0 Å². The van der Waals surface area contributed by atoms with Crippen LogP contribution in [-0.2, 0) is 0 Å². The van der Waals surface area contributed by atoms with Gasteiger partial charge in [-0.2, -0.15) is 0 Å². The van der Waals surface area contributed by atoms with Crippen LogP contribution in [0.3, 0.4) is 0 Å². The first-order chi connectivity index (χ1) is 10.6. The molecule has 3 rings (SSSR count). The molecule has 1 amide bonds. The third kappa shape index (κ3) is 3.10. The number of carbonyl (C=O) groups excluding carboxylic acids is 1. The van der Waals surface area contributed by atoms with Crippen molar-refractivity contribution >= 4 is 22.9 Å². The zero-order valence-electron chi connectivity index (χ0n) is 12.6. The maximum absolute atomic E-state index is 12.5. The second-order valence-corrected chi connectivity index (χ2v) is 6.30. The second kappa shape index (κ2) is 6.16. The lowest BCUT2D eigenvalue weighted by Gasteiger charge is -2.11. The van der Waals surface area contributed by atoms with Crippen molar-refractivity contribution in [3.63, 3.8) is 0 Å². The van der Waals surface area contributed by atoms with Crippen molar-refractivity contribution in [1.29, 1.82) is 0 Å². The molecule has 0 saturated carbocycles. The lowest BCUT2D eigenvalue weighted by molar-refractivity contribution is 0.102. The summed E-state index contributed by atoms with van der Waals surface area (Å²) in [5.74, 6) is -0.0733. The molecule has 3 aromatic rings. The molecule has 0 aliphatic heterocycles. The molecule has 0 saturated heterocycles. The standard InChI is InChI=1S/C19H17NOS/c1-13-10-14(2)12-15(11-13)19(21)20-17-7-4-3-6-16(17)18-8-5-9-22-18/h3-12H,1-2H3,(H,20,21). The number of hydrogen-bond acceptors (Lipinski definition) is 2. The van der Waals surface area contributed by atoms with E-state index >= 15 is 0 Å². The second-order valence-electron chi connectivity index (χ2n) is 5.35. The average molecular weight is 307 g/mol. The minimum absolute atomic E-state index is 0.0733. The fourth-order valence-electron chi connectivity index (χ4n) is 2.54. The van der Waals surface area contributed by atoms with Crippen molar-refractivity contribution in [1.82, 2.24) is 0 Å². The molecule has 110 valence electrons. The van der Waals surface area contributed by atoms with Gasteiger partial charge in [0.05, 0.1) is 0 Å². The molecule has 1 heterocycles. The normalized spacial score (nSPS) is 10.5. The van der Waals surface area contributed by atoms with Gasteiger partial charge in [-0.15, -0.1) is 11.3 Å². The summed E-state index contributed by atoms with van der Waals surface area (Å²) in [6, 6.07) is 17.9. The minimum Gasteiger partial charge on any atom is -0.321 e. The van der Waals surface area contributed by atoms with E-state index in [2.05, 4.69) is 17.4 Å². The lowest BCUT2D eigenvalue weighted by Crippen LogP contribution is -2.13. The van der Waals surface area contributed by atoms with Gasteiger partial charge >= 0.3 is 0 Å². The summed E-state index contributed by atoms with van der Waals surface area (Å²) in [6.07, 6.45) is 0. The highest BCUT2D eigenvalue weighted by Gasteiger charge is 2.11. The van der Waals surface area contributed by atoms with Crippen LogP contribution in [0.1, 0.15) is 21.5 Å². The van der Waals surface area contributed by atoms with E-state index in [1.807, 2.05) is 61.7 Å². The lowest BCUT2D eigenvalue weighted by atomic mass is 10.1. The molecule has 1 aromatic heterocycles. The SMILES string of the molecule is Cc1cc(C)cc(C(=O)Nc2ccccc2-c2cccs2)c1. The number of rotatable bonds is 3. The first kappa shape index (κ1) is 14.5. The number of aryl methyl sites for hydroxylation is 2. The minimum atomic E-state index is -0.0733. The van der Waals surface area contributed by atoms with Crippen LogP contribution < -0.4 is 5.32 Å². The molecule has 1 N–H and O–H groups in total. The molecule has 0 unspecified atom stereocenters. The molecule has 0 radical (unpaired) electrons. The highest BCUT2D eigenvalue weighted by molar-refractivity contribution is 7.13. The fourth-order valence-corrected chi connectivity index (χ4v) is 3.30. The van der Waals surface area contributed by atoms with Gasteiger partial charge in [0.1, 0.15) is 0 Å². The molecule has 3 heteroatoms. The van der Waals surface area contributed by atoms with Crippen LogP contribution in [0.25, 0.3) is 10.4 Å². The zero-order valence-corrected chi connectivity index (χ0v) is 13.4. The van der Waals surface area contributed by atoms with Crippen LogP contribution >= 0.6 is 11.3 Å². The van der Waals surface area contributed by atoms with E-state index in [1.165, 1.54) is 0 Å². The van der Waals surface area contributed by atoms with Gasteiger partial charge in [0, 0.05) is 21.7 Å². The first-order valence-corrected chi connectivity index (χ1v) is 8.04. The summed E-state index contributed by atoms with van der Waals surface area (Å²) in [4.78, 5) is 13.7. The number of nitrogens with one attached hydrogen (secondary N) is 1. The Hall–Kier alpha value is -2.39. The zero-order chi connectivity index (χ0) is 15.5. The molecule has 0 aliphatic carbocycles. The van der Waals surface area contributed by atoms with Crippen molar-refractivity contribution < 1.29 is 4.79 Å². The van der Waals surface area contributed by atoms with Gasteiger partial charge in [0.25, 0.3) is 5.91 Å². The van der Waals surface area contributed by atoms with Crippen LogP contribution in [0.5, 0.6) is 0 Å². The van der Waals surface area contributed by atoms with E-state index in [0.717, 1.165) is 27.3 Å². The van der Waals surface area contributed by atoms with Gasteiger partial charge in [-0.1, -0.05) is 41.5 Å². The van der Waals surface area contributed by atoms with Gasteiger partial charge in [0.15, 0.2) is 0 Å². The van der Waals surface area contributed by atoms with Crippen molar-refractivity contribution in [3.05, 3.63) is 76.7 Å². The van der Waals surface area contributed by atoms with Crippen molar-refractivity contribution in [3.8, 4) is 10.4 Å². The smallest absolute Gasteiger partial charge is 0.255 e. The van der Waals surface area contributed by atoms with Crippen LogP contribution in [0.2, 0.25) is 0 Å². The van der Waals surface area contributed by atoms with Crippen LogP contribution in [0, 0.1) is 13.8 Å². The van der Waals surface area contributed by atoms with E-state index in [4.69, 9.17) is 0 Å². The number of para-hydroxylation sites is 1. The summed E-state index contributed by atoms with van der Waals surface area (Å²) in [7, 11) is 0. The molecule has 2 aromatic carbocycles. The topological polar surface area (TPSA) is 29.1 Å². The maximum Gasteiger partial charge on any atom is 0.255 e. The number of anilines is 1. The molecule has 2 nitrogen and oxygen atoms in total. The Morgan fingerprint density at radius 2 is 1.68 bits per heavy atom. The third-order valence-electron chi connectivity index (χ3n) is 3.45. The quantitative estimate of drug-likeness (QED) is 0.700. The van der Waals surface area contributed by atoms with Crippen molar-refractivity contribution in [2.75, 3.05) is 5.32 Å². The van der Waals surface area contributed by atoms with Crippen LogP contribution in [-0.4, -0.2) is 5.91 Å². The molecule has 0 spiro atoms. The van der Waals surface area contributed by atoms with E-state index in [0.29, 0.717) is 5.56 Å². The highest BCUT2D eigenvalue weighted by atomic mass is 32.1. The molecular weight excluding hydrogens is 290 g/mol. The fraction of sp³-hybridized carbons (Fsp3) is 0.105. The number of hydrogen-bond donors (Lipinski definition) is 1. The van der Waals surface area contributed by atoms with Crippen LogP contribution in [0.4, 0.5) is 5.69 Å². The number of thiophene rings is 1. The predicted molar refractivity (Wildman–Crippen MR) is 93.6 cm³/mol. The summed E-state index contributed by atoms with van der Waals surface area (Å²) in [5, 5.41) is 5.08. The van der Waals surface area contributed by atoms with E-state index in [1.54, 1.807) is 11.3 Å². The van der Waals surface area contributed by atoms with Crippen molar-refractivity contribution in [2.45, 2.75) is 13.8 Å². The Morgan fingerprint density at radius 1 is 0.955 bits per heavy atom. The molecular formula is C19H17NOS. The first-order valence-electron chi connectivity index (χ1n) is 7.16. The Balaban J connectivity index is 1.92. The molecule has 0 atom stereocenters. The maximum atomic E-state index is 12.5. The monoisotopic (exact) mass is 307 g/mol. The van der Waals surface area contributed by atoms with Crippen molar-refractivity contribution in [2.24, 2.45) is 0 Å². The van der Waals surface area contributed by atoms with Gasteiger partial charge in [-0.05, 0) is 43.5 Å². The van der Waals surface area contributed by atoms with Gasteiger partial charge in [-0.25, -0.2) is 0 Å². The summed E-state index contributed by atoms with van der Waals surface area (Å²) in [5.41, 5.74) is 4.77. The Labute approximate surface area is 134 Å². The Morgan fingerprint density at radius 3 is 2.36 bits per heavy atom. The largest absolute Gasteiger partial charge is 0.321 e. The molecule has 22 heavy (non-hydrogen) atoms. The van der Waals surface area contributed by atoms with E-state index in [-0.39, 0.29) is 5.91 Å². The molecule has 0 bridgehead atoms. The third-order valence-corrected chi connectivity index (χ3v) is 4.35. The van der Waals surface area contributed by atoms with Gasteiger partial charge in [-0.3, -0.25) is 4.79 Å². The number of carbonyl (C=O) groups is 1. The summed E-state index contributed by atoms with van der Waals surface area (Å²) >= 11 is 1.67. The summed E-state index contributed by atoms with van der Waals surface area (Å²) < 4.78 is 0. The Bertz CT molecular complexity index is 786. The molecule has 0 aliphatic rings. The average Bonchev–Trinajstić information content (AvgIpc) is 3.01. The molecule has 0 fully saturated rings. The van der Waals surface area contributed by atoms with E-state index in [9.17, 15) is 4.79 Å². The van der Waals surface area contributed by atoms with Gasteiger partial charge < -0.3 is 5.32 Å². The Kier molecular flexibility index (Phi) is 4.07. The highest BCUT2D eigenvalue weighted by Crippen LogP contribution is 2.31. The van der Waals surface area contributed by atoms with Gasteiger partial charge in [0.2, 0.25) is 0 Å². The summed E-state index contributed by atoms with van der Waals surface area (Å²) in [6.45, 7) is 4.01. The van der Waals surface area contributed by atoms with E-state index < -0.39 is 0 Å². The number of benzene rings is 2. The predicted octanol–water partition coefficient (Wildman–Crippen LogP) is 5.28. The number of amides is 1.